The normalized spacial score (nSPS) is 14.7. The van der Waals surface area contributed by atoms with Crippen LogP contribution < -0.4 is 10.6 Å². The van der Waals surface area contributed by atoms with E-state index in [0.29, 0.717) is 11.5 Å². The van der Waals surface area contributed by atoms with E-state index in [4.69, 9.17) is 0 Å². The number of hydrogen-bond acceptors (Lipinski definition) is 4. The third-order valence-electron chi connectivity index (χ3n) is 3.46. The minimum Gasteiger partial charge on any atom is -0.370 e. The summed E-state index contributed by atoms with van der Waals surface area (Å²) in [5.74, 6) is 0.542. The van der Waals surface area contributed by atoms with Gasteiger partial charge in [-0.2, -0.15) is 0 Å². The van der Waals surface area contributed by atoms with Gasteiger partial charge in [0.05, 0.1) is 0 Å². The van der Waals surface area contributed by atoms with Crippen LogP contribution in [0.2, 0.25) is 0 Å². The summed E-state index contributed by atoms with van der Waals surface area (Å²) in [6.07, 6.45) is 9.87. The van der Waals surface area contributed by atoms with Crippen molar-refractivity contribution in [3.8, 4) is 0 Å². The zero-order valence-electron chi connectivity index (χ0n) is 12.9. The first-order valence-electron chi connectivity index (χ1n) is 7.70. The molecule has 1 aliphatic rings. The van der Waals surface area contributed by atoms with Crippen molar-refractivity contribution in [3.05, 3.63) is 29.7 Å². The highest BCUT2D eigenvalue weighted by Crippen LogP contribution is 2.19. The highest BCUT2D eigenvalue weighted by atomic mass is 16.1. The second-order valence-corrected chi connectivity index (χ2v) is 5.70. The first kappa shape index (κ1) is 15.5. The molecule has 1 amide bonds. The maximum atomic E-state index is 11.9. The quantitative estimate of drug-likeness (QED) is 0.790. The smallest absolute Gasteiger partial charge is 0.270 e. The van der Waals surface area contributed by atoms with Gasteiger partial charge in [0.2, 0.25) is 0 Å². The zero-order valence-corrected chi connectivity index (χ0v) is 12.9. The number of carbonyl (C=O) groups is 1. The summed E-state index contributed by atoms with van der Waals surface area (Å²) in [5, 5.41) is 6.10. The number of amides is 1. The SMILES string of the molecule is CC(C)NC(=O)c1cc(NCCC2=CCCCC2)ncn1. The number of allylic oxidation sites excluding steroid dienone is 1. The lowest BCUT2D eigenvalue weighted by Gasteiger charge is -2.13. The van der Waals surface area contributed by atoms with Crippen molar-refractivity contribution in [2.75, 3.05) is 11.9 Å². The molecule has 114 valence electrons. The Balaban J connectivity index is 1.86. The van der Waals surface area contributed by atoms with Crippen molar-refractivity contribution in [2.24, 2.45) is 0 Å². The van der Waals surface area contributed by atoms with Crippen LogP contribution in [0.5, 0.6) is 0 Å². The van der Waals surface area contributed by atoms with Gasteiger partial charge in [0, 0.05) is 18.7 Å². The average Bonchev–Trinajstić information content (AvgIpc) is 2.48. The molecule has 2 N–H and O–H groups in total. The van der Waals surface area contributed by atoms with Crippen molar-refractivity contribution in [1.29, 1.82) is 0 Å². The molecule has 0 aromatic carbocycles. The van der Waals surface area contributed by atoms with Crippen molar-refractivity contribution >= 4 is 11.7 Å². The Morgan fingerprint density at radius 2 is 2.19 bits per heavy atom. The molecule has 0 atom stereocenters. The average molecular weight is 288 g/mol. The predicted octanol–water partition coefficient (Wildman–Crippen LogP) is 2.92. The number of anilines is 1. The summed E-state index contributed by atoms with van der Waals surface area (Å²) < 4.78 is 0. The van der Waals surface area contributed by atoms with Crippen LogP contribution in [0.25, 0.3) is 0 Å². The Hall–Kier alpha value is -1.91. The van der Waals surface area contributed by atoms with Crippen molar-refractivity contribution in [2.45, 2.75) is 52.0 Å². The van der Waals surface area contributed by atoms with Gasteiger partial charge in [0.15, 0.2) is 0 Å². The van der Waals surface area contributed by atoms with Crippen LogP contribution in [0.1, 0.15) is 56.4 Å². The Bertz CT molecular complexity index is 511. The summed E-state index contributed by atoms with van der Waals surface area (Å²) in [4.78, 5) is 20.1. The standard InChI is InChI=1S/C16H24N4O/c1-12(2)20-16(21)14-10-15(19-11-18-14)17-9-8-13-6-4-3-5-7-13/h6,10-12H,3-5,7-9H2,1-2H3,(H,20,21)(H,17,18,19). The fraction of sp³-hybridized carbons (Fsp3) is 0.562. The molecule has 0 radical (unpaired) electrons. The molecule has 0 saturated carbocycles. The summed E-state index contributed by atoms with van der Waals surface area (Å²) >= 11 is 0. The second-order valence-electron chi connectivity index (χ2n) is 5.70. The molecular weight excluding hydrogens is 264 g/mol. The van der Waals surface area contributed by atoms with E-state index in [1.165, 1.54) is 37.6 Å². The molecule has 0 aliphatic heterocycles. The number of nitrogens with zero attached hydrogens (tertiary/aromatic N) is 2. The number of nitrogens with one attached hydrogen (secondary N) is 2. The predicted molar refractivity (Wildman–Crippen MR) is 84.3 cm³/mol. The Kier molecular flexibility index (Phi) is 5.72. The summed E-state index contributed by atoms with van der Waals surface area (Å²) in [5.41, 5.74) is 1.93. The van der Waals surface area contributed by atoms with Gasteiger partial charge in [-0.05, 0) is 46.0 Å². The summed E-state index contributed by atoms with van der Waals surface area (Å²) in [6, 6.07) is 1.80. The van der Waals surface area contributed by atoms with E-state index in [9.17, 15) is 4.79 Å². The minimum atomic E-state index is -0.162. The van der Waals surface area contributed by atoms with Crippen LogP contribution in [0, 0.1) is 0 Å². The maximum absolute atomic E-state index is 11.9. The first-order chi connectivity index (χ1) is 10.1. The molecule has 1 aromatic rings. The van der Waals surface area contributed by atoms with Gasteiger partial charge in [-0.25, -0.2) is 9.97 Å². The first-order valence-corrected chi connectivity index (χ1v) is 7.70. The van der Waals surface area contributed by atoms with Gasteiger partial charge in [0.1, 0.15) is 17.8 Å². The fourth-order valence-corrected chi connectivity index (χ4v) is 2.40. The highest BCUT2D eigenvalue weighted by Gasteiger charge is 2.09. The van der Waals surface area contributed by atoms with E-state index in [1.807, 2.05) is 13.8 Å². The molecule has 0 saturated heterocycles. The molecule has 21 heavy (non-hydrogen) atoms. The molecule has 0 spiro atoms. The van der Waals surface area contributed by atoms with Crippen LogP contribution in [0.3, 0.4) is 0 Å². The third kappa shape index (κ3) is 5.17. The van der Waals surface area contributed by atoms with Crippen LogP contribution in [0.4, 0.5) is 5.82 Å². The number of rotatable bonds is 6. The Morgan fingerprint density at radius 3 is 2.90 bits per heavy atom. The van der Waals surface area contributed by atoms with Gasteiger partial charge < -0.3 is 10.6 Å². The van der Waals surface area contributed by atoms with Crippen molar-refractivity contribution in [3.63, 3.8) is 0 Å². The van der Waals surface area contributed by atoms with Gasteiger partial charge in [-0.1, -0.05) is 11.6 Å². The monoisotopic (exact) mass is 288 g/mol. The lowest BCUT2D eigenvalue weighted by Crippen LogP contribution is -2.30. The van der Waals surface area contributed by atoms with E-state index < -0.39 is 0 Å². The molecule has 5 heteroatoms. The molecule has 0 fully saturated rings. The largest absolute Gasteiger partial charge is 0.370 e. The minimum absolute atomic E-state index is 0.0992. The van der Waals surface area contributed by atoms with E-state index in [0.717, 1.165) is 13.0 Å². The second kappa shape index (κ2) is 7.76. The maximum Gasteiger partial charge on any atom is 0.270 e. The number of aromatic nitrogens is 2. The van der Waals surface area contributed by atoms with Crippen LogP contribution >= 0.6 is 0 Å². The molecule has 2 rings (SSSR count). The molecule has 0 bridgehead atoms. The van der Waals surface area contributed by atoms with Gasteiger partial charge in [0.25, 0.3) is 5.91 Å². The fourth-order valence-electron chi connectivity index (χ4n) is 2.40. The zero-order chi connectivity index (χ0) is 15.1. The molecule has 1 aromatic heterocycles. The summed E-state index contributed by atoms with van der Waals surface area (Å²) in [6.45, 7) is 4.69. The molecule has 5 nitrogen and oxygen atoms in total. The molecule has 0 unspecified atom stereocenters. The van der Waals surface area contributed by atoms with E-state index in [2.05, 4.69) is 26.7 Å². The van der Waals surface area contributed by atoms with Gasteiger partial charge in [-0.3, -0.25) is 4.79 Å². The lowest BCUT2D eigenvalue weighted by molar-refractivity contribution is 0.0938. The van der Waals surface area contributed by atoms with E-state index >= 15 is 0 Å². The Labute approximate surface area is 126 Å². The van der Waals surface area contributed by atoms with Gasteiger partial charge >= 0.3 is 0 Å². The number of carbonyl (C=O) groups excluding carboxylic acids is 1. The highest BCUT2D eigenvalue weighted by molar-refractivity contribution is 5.92. The van der Waals surface area contributed by atoms with Crippen molar-refractivity contribution < 1.29 is 4.79 Å². The summed E-state index contributed by atoms with van der Waals surface area (Å²) in [7, 11) is 0. The van der Waals surface area contributed by atoms with Crippen LogP contribution in [0.15, 0.2) is 24.0 Å². The van der Waals surface area contributed by atoms with E-state index in [1.54, 1.807) is 6.07 Å². The third-order valence-corrected chi connectivity index (χ3v) is 3.46. The topological polar surface area (TPSA) is 66.9 Å². The van der Waals surface area contributed by atoms with E-state index in [-0.39, 0.29) is 11.9 Å². The van der Waals surface area contributed by atoms with Crippen molar-refractivity contribution in [1.82, 2.24) is 15.3 Å². The van der Waals surface area contributed by atoms with Gasteiger partial charge in [-0.15, -0.1) is 0 Å². The molecule has 1 aliphatic carbocycles. The van der Waals surface area contributed by atoms with Crippen LogP contribution in [-0.4, -0.2) is 28.5 Å². The number of hydrogen-bond donors (Lipinski definition) is 2. The lowest BCUT2D eigenvalue weighted by atomic mass is 9.97. The van der Waals surface area contributed by atoms with Crippen LogP contribution in [-0.2, 0) is 0 Å². The Morgan fingerprint density at radius 1 is 1.33 bits per heavy atom. The molecular formula is C16H24N4O. The molecule has 1 heterocycles.